The van der Waals surface area contributed by atoms with E-state index in [-0.39, 0.29) is 11.5 Å². The van der Waals surface area contributed by atoms with Crippen LogP contribution in [0.4, 0.5) is 11.4 Å². The number of nitrogens with two attached hydrogens (primary N) is 2. The Labute approximate surface area is 119 Å². The number of hydrogen-bond acceptors (Lipinski definition) is 5. The van der Waals surface area contributed by atoms with Crippen LogP contribution in [0, 0.1) is 11.8 Å². The van der Waals surface area contributed by atoms with E-state index in [9.17, 15) is 13.5 Å². The second kappa shape index (κ2) is 5.99. The van der Waals surface area contributed by atoms with E-state index in [2.05, 4.69) is 5.32 Å². The molecular formula is C13H21N3O3S. The molecule has 0 aliphatic heterocycles. The lowest BCUT2D eigenvalue weighted by atomic mass is 9.97. The van der Waals surface area contributed by atoms with Crippen molar-refractivity contribution in [2.24, 2.45) is 17.0 Å². The number of nitrogens with one attached hydrogen (secondary N) is 1. The molecule has 6 nitrogen and oxygen atoms in total. The van der Waals surface area contributed by atoms with Crippen LogP contribution < -0.4 is 16.2 Å². The van der Waals surface area contributed by atoms with Gasteiger partial charge in [-0.05, 0) is 42.9 Å². The quantitative estimate of drug-likeness (QED) is 0.598. The number of hydrogen-bond donors (Lipinski definition) is 4. The number of aliphatic hydroxyl groups excluding tert-OH is 1. The predicted molar refractivity (Wildman–Crippen MR) is 78.6 cm³/mol. The van der Waals surface area contributed by atoms with Crippen LogP contribution in [-0.2, 0) is 10.0 Å². The monoisotopic (exact) mass is 299 g/mol. The Hall–Kier alpha value is -1.31. The number of sulfonamides is 1. The Morgan fingerprint density at radius 1 is 1.25 bits per heavy atom. The fraction of sp³-hybridized carbons (Fsp3) is 0.538. The normalized spacial score (nSPS) is 22.9. The summed E-state index contributed by atoms with van der Waals surface area (Å²) in [6, 6.07) is 4.50. The summed E-state index contributed by atoms with van der Waals surface area (Å²) in [5.41, 5.74) is 6.68. The van der Waals surface area contributed by atoms with Crippen molar-refractivity contribution < 1.29 is 13.5 Å². The van der Waals surface area contributed by atoms with Crippen molar-refractivity contribution >= 4 is 21.4 Å². The minimum absolute atomic E-state index is 0.00475. The molecule has 2 atom stereocenters. The molecule has 2 unspecified atom stereocenters. The molecule has 1 saturated carbocycles. The Morgan fingerprint density at radius 2 is 1.95 bits per heavy atom. The third-order valence-electron chi connectivity index (χ3n) is 3.88. The third kappa shape index (κ3) is 3.62. The lowest BCUT2D eigenvalue weighted by molar-refractivity contribution is 0.199. The maximum atomic E-state index is 11.4. The number of nitrogen functional groups attached to an aromatic ring is 1. The van der Waals surface area contributed by atoms with E-state index < -0.39 is 10.0 Å². The van der Waals surface area contributed by atoms with Gasteiger partial charge in [-0.25, -0.2) is 13.6 Å². The molecule has 0 saturated heterocycles. The molecule has 7 heteroatoms. The molecule has 6 N–H and O–H groups in total. The number of anilines is 2. The van der Waals surface area contributed by atoms with Crippen LogP contribution in [0.3, 0.4) is 0 Å². The highest BCUT2D eigenvalue weighted by molar-refractivity contribution is 7.89. The van der Waals surface area contributed by atoms with E-state index in [1.807, 2.05) is 0 Å². The number of rotatable bonds is 5. The number of aliphatic hydroxyl groups is 1. The molecule has 1 fully saturated rings. The van der Waals surface area contributed by atoms with Gasteiger partial charge in [0.15, 0.2) is 0 Å². The lowest BCUT2D eigenvalue weighted by Crippen LogP contribution is -2.21. The summed E-state index contributed by atoms with van der Waals surface area (Å²) < 4.78 is 22.7. The highest BCUT2D eigenvalue weighted by Gasteiger charge is 2.26. The van der Waals surface area contributed by atoms with Crippen molar-refractivity contribution in [2.45, 2.75) is 24.2 Å². The zero-order valence-corrected chi connectivity index (χ0v) is 12.1. The van der Waals surface area contributed by atoms with Crippen LogP contribution in [0.25, 0.3) is 0 Å². The number of benzene rings is 1. The molecule has 0 aromatic heterocycles. The Morgan fingerprint density at radius 3 is 2.60 bits per heavy atom. The van der Waals surface area contributed by atoms with E-state index in [1.165, 1.54) is 12.1 Å². The lowest BCUT2D eigenvalue weighted by Gasteiger charge is -2.19. The van der Waals surface area contributed by atoms with Gasteiger partial charge in [0.1, 0.15) is 0 Å². The van der Waals surface area contributed by atoms with Crippen LogP contribution >= 0.6 is 0 Å². The zero-order valence-electron chi connectivity index (χ0n) is 11.2. The standard InChI is InChI=1S/C13H21N3O3S/c14-11-4-12(6-13(5-11)20(15,18)19)16-7-9-2-1-3-10(9)8-17/h4-6,9-10,16-17H,1-3,7-8,14H2,(H2,15,18,19). The Kier molecular flexibility index (Phi) is 4.52. The van der Waals surface area contributed by atoms with E-state index >= 15 is 0 Å². The highest BCUT2D eigenvalue weighted by atomic mass is 32.2. The van der Waals surface area contributed by atoms with Crippen LogP contribution in [0.5, 0.6) is 0 Å². The van der Waals surface area contributed by atoms with E-state index in [4.69, 9.17) is 10.9 Å². The summed E-state index contributed by atoms with van der Waals surface area (Å²) in [4.78, 5) is 0.00475. The van der Waals surface area contributed by atoms with Crippen molar-refractivity contribution in [1.29, 1.82) is 0 Å². The summed E-state index contributed by atoms with van der Waals surface area (Å²) in [5, 5.41) is 17.6. The van der Waals surface area contributed by atoms with Gasteiger partial charge in [-0.15, -0.1) is 0 Å². The molecule has 20 heavy (non-hydrogen) atoms. The maximum Gasteiger partial charge on any atom is 0.238 e. The maximum absolute atomic E-state index is 11.4. The first-order chi connectivity index (χ1) is 9.40. The van der Waals surface area contributed by atoms with Crippen molar-refractivity contribution in [2.75, 3.05) is 24.2 Å². The van der Waals surface area contributed by atoms with E-state index in [0.29, 0.717) is 29.8 Å². The molecule has 0 radical (unpaired) electrons. The molecule has 1 aliphatic carbocycles. The fourth-order valence-corrected chi connectivity index (χ4v) is 3.35. The molecule has 1 aromatic rings. The van der Waals surface area contributed by atoms with E-state index in [1.54, 1.807) is 6.07 Å². The average molecular weight is 299 g/mol. The summed E-state index contributed by atoms with van der Waals surface area (Å²) in [5.74, 6) is 0.723. The van der Waals surface area contributed by atoms with Crippen LogP contribution in [0.2, 0.25) is 0 Å². The smallest absolute Gasteiger partial charge is 0.238 e. The van der Waals surface area contributed by atoms with Gasteiger partial charge in [-0.2, -0.15) is 0 Å². The SMILES string of the molecule is Nc1cc(NCC2CCCC2CO)cc(S(N)(=O)=O)c1. The molecule has 0 amide bonds. The highest BCUT2D eigenvalue weighted by Crippen LogP contribution is 2.31. The molecule has 1 aromatic carbocycles. The Bertz CT molecular complexity index is 574. The first kappa shape index (κ1) is 15.1. The van der Waals surface area contributed by atoms with Gasteiger partial charge >= 0.3 is 0 Å². The summed E-state index contributed by atoms with van der Waals surface area (Å²) in [7, 11) is -3.76. The van der Waals surface area contributed by atoms with Crippen molar-refractivity contribution in [3.05, 3.63) is 18.2 Å². The first-order valence-electron chi connectivity index (χ1n) is 6.68. The van der Waals surface area contributed by atoms with Crippen LogP contribution in [-0.4, -0.2) is 26.7 Å². The molecule has 0 heterocycles. The largest absolute Gasteiger partial charge is 0.399 e. The zero-order chi connectivity index (χ0) is 14.8. The average Bonchev–Trinajstić information content (AvgIpc) is 2.82. The molecule has 0 spiro atoms. The number of primary sulfonamides is 1. The van der Waals surface area contributed by atoms with Gasteiger partial charge in [0.2, 0.25) is 10.0 Å². The first-order valence-corrected chi connectivity index (χ1v) is 8.23. The molecule has 112 valence electrons. The minimum atomic E-state index is -3.76. The summed E-state index contributed by atoms with van der Waals surface area (Å²) in [6.07, 6.45) is 3.24. The summed E-state index contributed by atoms with van der Waals surface area (Å²) in [6.45, 7) is 0.893. The third-order valence-corrected chi connectivity index (χ3v) is 4.77. The topological polar surface area (TPSA) is 118 Å². The van der Waals surface area contributed by atoms with Gasteiger partial charge < -0.3 is 16.2 Å². The van der Waals surface area contributed by atoms with Crippen molar-refractivity contribution in [3.8, 4) is 0 Å². The Balaban J connectivity index is 2.08. The summed E-state index contributed by atoms with van der Waals surface area (Å²) >= 11 is 0. The molecule has 0 bridgehead atoms. The second-order valence-corrected chi connectivity index (χ2v) is 6.91. The van der Waals surface area contributed by atoms with Gasteiger partial charge in [0.05, 0.1) is 4.90 Å². The van der Waals surface area contributed by atoms with Gasteiger partial charge in [-0.1, -0.05) is 6.42 Å². The van der Waals surface area contributed by atoms with Crippen molar-refractivity contribution in [3.63, 3.8) is 0 Å². The molecular weight excluding hydrogens is 278 g/mol. The van der Waals surface area contributed by atoms with Gasteiger partial charge in [-0.3, -0.25) is 0 Å². The van der Waals surface area contributed by atoms with Crippen molar-refractivity contribution in [1.82, 2.24) is 0 Å². The molecule has 2 rings (SSSR count). The second-order valence-electron chi connectivity index (χ2n) is 5.35. The van der Waals surface area contributed by atoms with Gasteiger partial charge in [0, 0.05) is 24.5 Å². The predicted octanol–water partition coefficient (Wildman–Crippen LogP) is 0.737. The van der Waals surface area contributed by atoms with Gasteiger partial charge in [0.25, 0.3) is 0 Å². The fourth-order valence-electron chi connectivity index (χ4n) is 2.76. The van der Waals surface area contributed by atoms with E-state index in [0.717, 1.165) is 19.3 Å². The minimum Gasteiger partial charge on any atom is -0.399 e. The molecule has 1 aliphatic rings. The van der Waals surface area contributed by atoms with Crippen LogP contribution in [0.15, 0.2) is 23.1 Å². The van der Waals surface area contributed by atoms with Crippen LogP contribution in [0.1, 0.15) is 19.3 Å².